The van der Waals surface area contributed by atoms with Gasteiger partial charge in [-0.15, -0.1) is 0 Å². The van der Waals surface area contributed by atoms with Gasteiger partial charge in [-0.05, 0) is 26.7 Å². The molecule has 0 saturated carbocycles. The van der Waals surface area contributed by atoms with Crippen LogP contribution in [-0.4, -0.2) is 40.1 Å². The molecule has 1 fully saturated rings. The van der Waals surface area contributed by atoms with E-state index in [0.29, 0.717) is 12.5 Å². The molecule has 0 spiro atoms. The highest BCUT2D eigenvalue weighted by atomic mass is 16.2. The molecule has 1 aromatic heterocycles. The van der Waals surface area contributed by atoms with Gasteiger partial charge in [0.15, 0.2) is 0 Å². The molecule has 1 N–H and O–H groups in total. The van der Waals surface area contributed by atoms with Crippen molar-refractivity contribution in [2.45, 2.75) is 46.1 Å². The van der Waals surface area contributed by atoms with E-state index in [0.717, 1.165) is 38.3 Å². The van der Waals surface area contributed by atoms with E-state index in [1.54, 1.807) is 0 Å². The van der Waals surface area contributed by atoms with Crippen LogP contribution in [0.3, 0.4) is 0 Å². The first-order valence-electron chi connectivity index (χ1n) is 7.22. The maximum atomic E-state index is 11.8. The number of carbonyl (C=O) groups is 1. The number of aryl methyl sites for hydroxylation is 1. The summed E-state index contributed by atoms with van der Waals surface area (Å²) in [5, 5.41) is 2.86. The molecule has 1 aliphatic heterocycles. The highest BCUT2D eigenvalue weighted by molar-refractivity contribution is 5.74. The Morgan fingerprint density at radius 1 is 1.53 bits per heavy atom. The van der Waals surface area contributed by atoms with Crippen LogP contribution in [0.15, 0.2) is 6.20 Å². The van der Waals surface area contributed by atoms with Crippen LogP contribution in [0.25, 0.3) is 0 Å². The van der Waals surface area contributed by atoms with Crippen LogP contribution in [0.4, 0.5) is 4.79 Å². The molecule has 5 heteroatoms. The van der Waals surface area contributed by atoms with Crippen LogP contribution < -0.4 is 5.32 Å². The fourth-order valence-corrected chi connectivity index (χ4v) is 2.74. The summed E-state index contributed by atoms with van der Waals surface area (Å²) < 4.78 is 2.30. The summed E-state index contributed by atoms with van der Waals surface area (Å²) in [4.78, 5) is 18.3. The highest BCUT2D eigenvalue weighted by Crippen LogP contribution is 2.27. The van der Waals surface area contributed by atoms with Crippen molar-refractivity contribution < 1.29 is 4.79 Å². The van der Waals surface area contributed by atoms with Crippen molar-refractivity contribution in [3.05, 3.63) is 17.7 Å². The van der Waals surface area contributed by atoms with E-state index in [9.17, 15) is 4.79 Å². The third-order valence-corrected chi connectivity index (χ3v) is 3.70. The molecule has 1 aromatic rings. The highest BCUT2D eigenvalue weighted by Gasteiger charge is 2.30. The van der Waals surface area contributed by atoms with Crippen molar-refractivity contribution in [1.82, 2.24) is 19.8 Å². The second kappa shape index (κ2) is 6.08. The molecule has 1 unspecified atom stereocenters. The van der Waals surface area contributed by atoms with Crippen molar-refractivity contribution in [1.29, 1.82) is 0 Å². The second-order valence-corrected chi connectivity index (χ2v) is 5.18. The number of nitrogens with one attached hydrogen (secondary N) is 1. The Balaban J connectivity index is 2.06. The Bertz CT molecular complexity index is 441. The fourth-order valence-electron chi connectivity index (χ4n) is 2.74. The van der Waals surface area contributed by atoms with E-state index >= 15 is 0 Å². The fraction of sp³-hybridized carbons (Fsp3) is 0.714. The zero-order valence-corrected chi connectivity index (χ0v) is 12.1. The molecule has 0 bridgehead atoms. The van der Waals surface area contributed by atoms with Crippen LogP contribution in [0.5, 0.6) is 0 Å². The number of likely N-dealkylation sites (tertiary alicyclic amines) is 1. The van der Waals surface area contributed by atoms with Gasteiger partial charge in [0, 0.05) is 44.0 Å². The standard InChI is InChI=1S/C14H24N4O/c1-4-7-18-11(3)9-16-13(18)12-6-8-17(10-12)14(19)15-5-2/h9,12H,4-8,10H2,1-3H3,(H,15,19). The number of rotatable bonds is 4. The van der Waals surface area contributed by atoms with Crippen LogP contribution >= 0.6 is 0 Å². The minimum Gasteiger partial charge on any atom is -0.338 e. The number of urea groups is 1. The summed E-state index contributed by atoms with van der Waals surface area (Å²) in [5.41, 5.74) is 1.22. The van der Waals surface area contributed by atoms with Gasteiger partial charge in [0.25, 0.3) is 0 Å². The molecule has 2 amide bonds. The maximum Gasteiger partial charge on any atom is 0.317 e. The molecule has 1 aliphatic rings. The smallest absolute Gasteiger partial charge is 0.317 e. The van der Waals surface area contributed by atoms with Crippen LogP contribution in [0.1, 0.15) is 44.1 Å². The number of hydrogen-bond acceptors (Lipinski definition) is 2. The van der Waals surface area contributed by atoms with Gasteiger partial charge in [-0.2, -0.15) is 0 Å². The number of hydrogen-bond donors (Lipinski definition) is 1. The number of imidazole rings is 1. The number of amides is 2. The Morgan fingerprint density at radius 3 is 3.00 bits per heavy atom. The molecule has 1 saturated heterocycles. The Labute approximate surface area is 115 Å². The van der Waals surface area contributed by atoms with Crippen LogP contribution in [0.2, 0.25) is 0 Å². The van der Waals surface area contributed by atoms with Gasteiger partial charge >= 0.3 is 6.03 Å². The van der Waals surface area contributed by atoms with Gasteiger partial charge in [-0.3, -0.25) is 0 Å². The predicted octanol–water partition coefficient (Wildman–Crippen LogP) is 2.12. The normalized spacial score (nSPS) is 18.9. The topological polar surface area (TPSA) is 50.2 Å². The van der Waals surface area contributed by atoms with Crippen molar-refractivity contribution in [2.24, 2.45) is 0 Å². The molecule has 0 radical (unpaired) electrons. The quantitative estimate of drug-likeness (QED) is 0.905. The summed E-state index contributed by atoms with van der Waals surface area (Å²) >= 11 is 0. The van der Waals surface area contributed by atoms with Crippen molar-refractivity contribution in [2.75, 3.05) is 19.6 Å². The molecule has 0 aliphatic carbocycles. The summed E-state index contributed by atoms with van der Waals surface area (Å²) in [6.07, 6.45) is 4.06. The summed E-state index contributed by atoms with van der Waals surface area (Å²) in [5.74, 6) is 1.52. The van der Waals surface area contributed by atoms with Crippen LogP contribution in [0, 0.1) is 6.92 Å². The molecule has 5 nitrogen and oxygen atoms in total. The molecule has 1 atom stereocenters. The lowest BCUT2D eigenvalue weighted by atomic mass is 10.1. The summed E-state index contributed by atoms with van der Waals surface area (Å²) in [6, 6.07) is 0.0512. The third kappa shape index (κ3) is 2.91. The molecular weight excluding hydrogens is 240 g/mol. The first kappa shape index (κ1) is 13.9. The Hall–Kier alpha value is -1.52. The Kier molecular flexibility index (Phi) is 4.45. The second-order valence-electron chi connectivity index (χ2n) is 5.18. The molecule has 0 aromatic carbocycles. The third-order valence-electron chi connectivity index (χ3n) is 3.70. The monoisotopic (exact) mass is 264 g/mol. The van der Waals surface area contributed by atoms with Gasteiger partial charge in [0.1, 0.15) is 5.82 Å². The van der Waals surface area contributed by atoms with E-state index in [-0.39, 0.29) is 6.03 Å². The lowest BCUT2D eigenvalue weighted by Crippen LogP contribution is -2.38. The van der Waals surface area contributed by atoms with Gasteiger partial charge in [-0.25, -0.2) is 9.78 Å². The summed E-state index contributed by atoms with van der Waals surface area (Å²) in [7, 11) is 0. The van der Waals surface area contributed by atoms with E-state index in [1.165, 1.54) is 5.69 Å². The Morgan fingerprint density at radius 2 is 2.32 bits per heavy atom. The minimum absolute atomic E-state index is 0.0512. The van der Waals surface area contributed by atoms with Gasteiger partial charge in [0.2, 0.25) is 0 Å². The molecule has 19 heavy (non-hydrogen) atoms. The first-order valence-corrected chi connectivity index (χ1v) is 7.22. The van der Waals surface area contributed by atoms with E-state index in [2.05, 4.69) is 28.7 Å². The van der Waals surface area contributed by atoms with Crippen LogP contribution in [-0.2, 0) is 6.54 Å². The van der Waals surface area contributed by atoms with Crippen molar-refractivity contribution in [3.8, 4) is 0 Å². The van der Waals surface area contributed by atoms with Gasteiger partial charge < -0.3 is 14.8 Å². The first-order chi connectivity index (χ1) is 9.17. The number of aromatic nitrogens is 2. The molecule has 2 heterocycles. The minimum atomic E-state index is 0.0512. The van der Waals surface area contributed by atoms with Crippen molar-refractivity contribution >= 4 is 6.03 Å². The number of carbonyl (C=O) groups excluding carboxylic acids is 1. The average Bonchev–Trinajstić information content (AvgIpc) is 2.98. The lowest BCUT2D eigenvalue weighted by Gasteiger charge is -2.17. The predicted molar refractivity (Wildman–Crippen MR) is 75.3 cm³/mol. The largest absolute Gasteiger partial charge is 0.338 e. The van der Waals surface area contributed by atoms with Gasteiger partial charge in [-0.1, -0.05) is 6.92 Å². The molecule has 2 rings (SSSR count). The lowest BCUT2D eigenvalue weighted by molar-refractivity contribution is 0.208. The SMILES string of the molecule is CCCn1c(C)cnc1C1CCN(C(=O)NCC)C1. The number of nitrogens with zero attached hydrogens (tertiary/aromatic N) is 3. The zero-order chi connectivity index (χ0) is 13.8. The average molecular weight is 264 g/mol. The van der Waals surface area contributed by atoms with E-state index < -0.39 is 0 Å². The zero-order valence-electron chi connectivity index (χ0n) is 12.1. The molecular formula is C14H24N4O. The van der Waals surface area contributed by atoms with Gasteiger partial charge in [0.05, 0.1) is 0 Å². The van der Waals surface area contributed by atoms with E-state index in [1.807, 2.05) is 18.0 Å². The van der Waals surface area contributed by atoms with E-state index in [4.69, 9.17) is 0 Å². The van der Waals surface area contributed by atoms with Crippen molar-refractivity contribution in [3.63, 3.8) is 0 Å². The maximum absolute atomic E-state index is 11.8. The summed E-state index contributed by atoms with van der Waals surface area (Å²) in [6.45, 7) is 9.53. The molecule has 106 valence electrons.